The van der Waals surface area contributed by atoms with Crippen LogP contribution in [0.4, 0.5) is 0 Å². The van der Waals surface area contributed by atoms with E-state index in [4.69, 9.17) is 0 Å². The van der Waals surface area contributed by atoms with Crippen molar-refractivity contribution in [1.82, 2.24) is 24.4 Å². The molecule has 0 aliphatic rings. The fourth-order valence-corrected chi connectivity index (χ4v) is 3.44. The third-order valence-corrected chi connectivity index (χ3v) is 5.03. The van der Waals surface area contributed by atoms with Gasteiger partial charge in [-0.2, -0.15) is 4.98 Å². The normalized spacial score (nSPS) is 12.0. The Bertz CT molecular complexity index is 1020. The third-order valence-electron chi connectivity index (χ3n) is 5.03. The number of rotatable bonds is 8. The minimum Gasteiger partial charge on any atom is -0.349 e. The van der Waals surface area contributed by atoms with Gasteiger partial charge in [-0.25, -0.2) is 9.78 Å². The number of aromatic nitrogens is 4. The first-order valence-electron chi connectivity index (χ1n) is 9.81. The number of amides is 1. The van der Waals surface area contributed by atoms with E-state index in [0.717, 1.165) is 30.0 Å². The second-order valence-electron chi connectivity index (χ2n) is 7.21. The first kappa shape index (κ1) is 20.5. The molecule has 2 heterocycles. The second-order valence-corrected chi connectivity index (χ2v) is 7.21. The highest BCUT2D eigenvalue weighted by Gasteiger charge is 2.15. The molecular weight excluding hydrogens is 366 g/mol. The molecule has 2 aromatic heterocycles. The standard InChI is InChI=1S/C22H27N5O2/c1-16-15-17(2)27(22(29)24-16)13-10-21(28)25-20(19-7-5-4-6-8-19)9-12-26-14-11-23-18(26)3/h4-8,11,14-15,20H,9-10,12-13H2,1-3H3,(H,25,28). The molecule has 0 saturated carbocycles. The molecule has 0 aliphatic heterocycles. The van der Waals surface area contributed by atoms with Gasteiger partial charge in [-0.15, -0.1) is 0 Å². The van der Waals surface area contributed by atoms with E-state index < -0.39 is 0 Å². The molecule has 0 aliphatic carbocycles. The zero-order valence-corrected chi connectivity index (χ0v) is 17.1. The smallest absolute Gasteiger partial charge is 0.347 e. The van der Waals surface area contributed by atoms with Crippen molar-refractivity contribution in [2.45, 2.75) is 52.7 Å². The number of nitrogens with zero attached hydrogens (tertiary/aromatic N) is 4. The van der Waals surface area contributed by atoms with Crippen molar-refractivity contribution in [3.8, 4) is 0 Å². The number of hydrogen-bond donors (Lipinski definition) is 1. The van der Waals surface area contributed by atoms with Crippen LogP contribution in [0.1, 0.15) is 41.7 Å². The minimum absolute atomic E-state index is 0.0897. The molecule has 0 spiro atoms. The highest BCUT2D eigenvalue weighted by molar-refractivity contribution is 5.76. The summed E-state index contributed by atoms with van der Waals surface area (Å²) < 4.78 is 3.61. The van der Waals surface area contributed by atoms with Gasteiger partial charge >= 0.3 is 5.69 Å². The van der Waals surface area contributed by atoms with E-state index in [-0.39, 0.29) is 24.1 Å². The largest absolute Gasteiger partial charge is 0.349 e. The molecule has 0 bridgehead atoms. The van der Waals surface area contributed by atoms with Gasteiger partial charge in [0.2, 0.25) is 5.91 Å². The Labute approximate surface area is 170 Å². The Hall–Kier alpha value is -3.22. The van der Waals surface area contributed by atoms with Crippen LogP contribution >= 0.6 is 0 Å². The van der Waals surface area contributed by atoms with E-state index in [1.54, 1.807) is 17.7 Å². The molecule has 0 fully saturated rings. The molecule has 0 radical (unpaired) electrons. The van der Waals surface area contributed by atoms with Gasteiger partial charge in [-0.05, 0) is 38.8 Å². The number of benzene rings is 1. The summed E-state index contributed by atoms with van der Waals surface area (Å²) in [6.45, 7) is 6.68. The summed E-state index contributed by atoms with van der Waals surface area (Å²) in [5.41, 5.74) is 2.24. The van der Waals surface area contributed by atoms with Crippen molar-refractivity contribution in [1.29, 1.82) is 0 Å². The number of nitrogens with one attached hydrogen (secondary N) is 1. The molecular formula is C22H27N5O2. The molecule has 1 aromatic carbocycles. The summed E-state index contributed by atoms with van der Waals surface area (Å²) in [5.74, 6) is 0.859. The van der Waals surface area contributed by atoms with Crippen molar-refractivity contribution in [2.75, 3.05) is 0 Å². The average molecular weight is 393 g/mol. The zero-order valence-electron chi connectivity index (χ0n) is 17.1. The number of carbonyl (C=O) groups is 1. The van der Waals surface area contributed by atoms with Gasteiger partial charge in [-0.3, -0.25) is 9.36 Å². The quantitative estimate of drug-likeness (QED) is 0.638. The lowest BCUT2D eigenvalue weighted by atomic mass is 10.0. The molecule has 1 N–H and O–H groups in total. The molecule has 1 atom stereocenters. The number of hydrogen-bond acceptors (Lipinski definition) is 4. The monoisotopic (exact) mass is 393 g/mol. The van der Waals surface area contributed by atoms with Crippen molar-refractivity contribution in [2.24, 2.45) is 0 Å². The van der Waals surface area contributed by atoms with Crippen molar-refractivity contribution >= 4 is 5.91 Å². The van der Waals surface area contributed by atoms with Crippen LogP contribution in [0.5, 0.6) is 0 Å². The van der Waals surface area contributed by atoms with Gasteiger partial charge < -0.3 is 9.88 Å². The Morgan fingerprint density at radius 2 is 1.90 bits per heavy atom. The summed E-state index contributed by atoms with van der Waals surface area (Å²) in [6, 6.07) is 11.7. The fraction of sp³-hybridized carbons (Fsp3) is 0.364. The van der Waals surface area contributed by atoms with Crippen LogP contribution in [-0.4, -0.2) is 25.0 Å². The van der Waals surface area contributed by atoms with E-state index in [0.29, 0.717) is 12.2 Å². The minimum atomic E-state index is -0.314. The van der Waals surface area contributed by atoms with Gasteiger partial charge in [0.05, 0.1) is 6.04 Å². The topological polar surface area (TPSA) is 81.8 Å². The lowest BCUT2D eigenvalue weighted by Crippen LogP contribution is -2.32. The van der Waals surface area contributed by atoms with Crippen LogP contribution in [0.15, 0.2) is 53.6 Å². The van der Waals surface area contributed by atoms with Crippen molar-refractivity contribution < 1.29 is 4.79 Å². The summed E-state index contributed by atoms with van der Waals surface area (Å²) in [7, 11) is 0. The predicted octanol–water partition coefficient (Wildman–Crippen LogP) is 2.70. The van der Waals surface area contributed by atoms with Gasteiger partial charge in [-0.1, -0.05) is 30.3 Å². The molecule has 1 unspecified atom stereocenters. The highest BCUT2D eigenvalue weighted by atomic mass is 16.2. The molecule has 3 rings (SSSR count). The van der Waals surface area contributed by atoms with Gasteiger partial charge in [0.1, 0.15) is 5.82 Å². The third kappa shape index (κ3) is 5.40. The molecule has 29 heavy (non-hydrogen) atoms. The van der Waals surface area contributed by atoms with Crippen LogP contribution in [-0.2, 0) is 17.9 Å². The highest BCUT2D eigenvalue weighted by Crippen LogP contribution is 2.18. The SMILES string of the molecule is Cc1cc(C)n(CCC(=O)NC(CCn2ccnc2C)c2ccccc2)c(=O)n1. The maximum absolute atomic E-state index is 12.7. The van der Waals surface area contributed by atoms with Crippen LogP contribution in [0.2, 0.25) is 0 Å². The number of carbonyl (C=O) groups excluding carboxylic acids is 1. The van der Waals surface area contributed by atoms with Gasteiger partial charge in [0.25, 0.3) is 0 Å². The summed E-state index contributed by atoms with van der Waals surface area (Å²) in [6.07, 6.45) is 4.69. The molecule has 0 saturated heterocycles. The van der Waals surface area contributed by atoms with Crippen molar-refractivity contribution in [3.05, 3.63) is 82.1 Å². The van der Waals surface area contributed by atoms with Gasteiger partial charge in [0, 0.05) is 43.3 Å². The summed E-state index contributed by atoms with van der Waals surface area (Å²) in [5, 5.41) is 3.13. The fourth-order valence-electron chi connectivity index (χ4n) is 3.44. The molecule has 7 heteroatoms. The summed E-state index contributed by atoms with van der Waals surface area (Å²) in [4.78, 5) is 33.0. The zero-order chi connectivity index (χ0) is 20.8. The molecule has 1 amide bonds. The van der Waals surface area contributed by atoms with E-state index >= 15 is 0 Å². The molecule has 3 aromatic rings. The van der Waals surface area contributed by atoms with Crippen LogP contribution in [0.3, 0.4) is 0 Å². The van der Waals surface area contributed by atoms with Crippen LogP contribution in [0, 0.1) is 20.8 Å². The van der Waals surface area contributed by atoms with E-state index in [2.05, 4.69) is 19.9 Å². The summed E-state index contributed by atoms with van der Waals surface area (Å²) >= 11 is 0. The number of aryl methyl sites for hydroxylation is 4. The maximum atomic E-state index is 12.7. The Balaban J connectivity index is 1.66. The molecule has 7 nitrogen and oxygen atoms in total. The van der Waals surface area contributed by atoms with E-state index in [1.165, 1.54) is 0 Å². The first-order chi connectivity index (χ1) is 13.9. The maximum Gasteiger partial charge on any atom is 0.347 e. The van der Waals surface area contributed by atoms with E-state index in [1.807, 2.05) is 56.4 Å². The number of imidazole rings is 1. The average Bonchev–Trinajstić information content (AvgIpc) is 3.09. The second kappa shape index (κ2) is 9.32. The van der Waals surface area contributed by atoms with Crippen LogP contribution < -0.4 is 11.0 Å². The van der Waals surface area contributed by atoms with Crippen molar-refractivity contribution in [3.63, 3.8) is 0 Å². The Kier molecular flexibility index (Phi) is 6.59. The van der Waals surface area contributed by atoms with E-state index in [9.17, 15) is 9.59 Å². The molecule has 152 valence electrons. The lowest BCUT2D eigenvalue weighted by molar-refractivity contribution is -0.122. The van der Waals surface area contributed by atoms with Gasteiger partial charge in [0.15, 0.2) is 0 Å². The first-order valence-corrected chi connectivity index (χ1v) is 9.81. The Morgan fingerprint density at radius 1 is 1.14 bits per heavy atom. The predicted molar refractivity (Wildman–Crippen MR) is 111 cm³/mol. The lowest BCUT2D eigenvalue weighted by Gasteiger charge is -2.20. The Morgan fingerprint density at radius 3 is 2.55 bits per heavy atom. The van der Waals surface area contributed by atoms with Crippen LogP contribution in [0.25, 0.3) is 0 Å².